The zero-order valence-electron chi connectivity index (χ0n) is 19.6. The predicted molar refractivity (Wildman–Crippen MR) is 133 cm³/mol. The Morgan fingerprint density at radius 3 is 2.40 bits per heavy atom. The molecule has 0 spiro atoms. The third kappa shape index (κ3) is 6.43. The molecule has 3 rings (SSSR count). The van der Waals surface area contributed by atoms with Gasteiger partial charge in [-0.2, -0.15) is 4.72 Å². The van der Waals surface area contributed by atoms with Gasteiger partial charge in [-0.25, -0.2) is 8.42 Å². The Morgan fingerprint density at radius 2 is 1.77 bits per heavy atom. The van der Waals surface area contributed by atoms with E-state index < -0.39 is 26.9 Å². The van der Waals surface area contributed by atoms with Gasteiger partial charge >= 0.3 is 0 Å². The summed E-state index contributed by atoms with van der Waals surface area (Å²) >= 11 is 0. The summed E-state index contributed by atoms with van der Waals surface area (Å²) in [5, 5.41) is 13.9. The molecule has 1 atom stereocenters. The molecule has 3 aromatic rings. The van der Waals surface area contributed by atoms with E-state index in [4.69, 9.17) is 4.74 Å². The lowest BCUT2D eigenvalue weighted by atomic mass is 10.1. The Balaban J connectivity index is 1.91. The molecule has 0 saturated heterocycles. The van der Waals surface area contributed by atoms with Crippen LogP contribution in [0.1, 0.15) is 23.6 Å². The van der Waals surface area contributed by atoms with Crippen LogP contribution in [0.15, 0.2) is 71.6 Å². The molecule has 0 unspecified atom stereocenters. The molecule has 35 heavy (non-hydrogen) atoms. The van der Waals surface area contributed by atoms with Gasteiger partial charge in [0.25, 0.3) is 5.69 Å². The van der Waals surface area contributed by atoms with Crippen molar-refractivity contribution in [2.45, 2.75) is 38.1 Å². The summed E-state index contributed by atoms with van der Waals surface area (Å²) in [5.41, 5.74) is 1.75. The fourth-order valence-corrected chi connectivity index (χ4v) is 4.86. The van der Waals surface area contributed by atoms with Crippen molar-refractivity contribution in [1.29, 1.82) is 0 Å². The van der Waals surface area contributed by atoms with Crippen molar-refractivity contribution in [1.82, 2.24) is 4.72 Å². The van der Waals surface area contributed by atoms with Crippen LogP contribution in [0.25, 0.3) is 0 Å². The maximum Gasteiger partial charge on any atom is 0.274 e. The number of amides is 1. The van der Waals surface area contributed by atoms with E-state index in [1.807, 2.05) is 13.0 Å². The molecule has 1 amide bonds. The minimum Gasteiger partial charge on any atom is -0.494 e. The summed E-state index contributed by atoms with van der Waals surface area (Å²) in [6.07, 6.45) is 0.0793. The molecule has 184 valence electrons. The second kappa shape index (κ2) is 11.1. The zero-order chi connectivity index (χ0) is 25.6. The van der Waals surface area contributed by atoms with Crippen LogP contribution in [-0.2, 0) is 21.2 Å². The topological polar surface area (TPSA) is 128 Å². The SMILES string of the molecule is CCOc1ccc(S(=O)(=O)N[C@H](Cc2ccccc2)C(=O)Nc2cccc([N+](=O)[O-])c2C)cc1C. The molecule has 0 heterocycles. The van der Waals surface area contributed by atoms with Crippen molar-refractivity contribution >= 4 is 27.3 Å². The number of nitro groups is 1. The minimum atomic E-state index is -4.08. The maximum absolute atomic E-state index is 13.2. The summed E-state index contributed by atoms with van der Waals surface area (Å²) < 4.78 is 34.4. The summed E-state index contributed by atoms with van der Waals surface area (Å²) in [7, 11) is -4.08. The largest absolute Gasteiger partial charge is 0.494 e. The highest BCUT2D eigenvalue weighted by Crippen LogP contribution is 2.26. The van der Waals surface area contributed by atoms with E-state index >= 15 is 0 Å². The minimum absolute atomic E-state index is 0.00385. The van der Waals surface area contributed by atoms with Crippen LogP contribution >= 0.6 is 0 Å². The Morgan fingerprint density at radius 1 is 1.06 bits per heavy atom. The third-order valence-electron chi connectivity index (χ3n) is 5.41. The molecule has 0 saturated carbocycles. The number of hydrogen-bond donors (Lipinski definition) is 2. The van der Waals surface area contributed by atoms with E-state index in [2.05, 4.69) is 10.0 Å². The number of nitrogens with one attached hydrogen (secondary N) is 2. The predicted octanol–water partition coefficient (Wildman–Crippen LogP) is 4.14. The fourth-order valence-electron chi connectivity index (χ4n) is 3.58. The zero-order valence-corrected chi connectivity index (χ0v) is 20.5. The number of sulfonamides is 1. The van der Waals surface area contributed by atoms with Crippen LogP contribution in [0.2, 0.25) is 0 Å². The van der Waals surface area contributed by atoms with Gasteiger partial charge in [-0.3, -0.25) is 14.9 Å². The molecule has 2 N–H and O–H groups in total. The van der Waals surface area contributed by atoms with Crippen molar-refractivity contribution < 1.29 is 22.9 Å². The summed E-state index contributed by atoms with van der Waals surface area (Å²) in [5.74, 6) is -0.0603. The molecule has 0 aliphatic heterocycles. The first kappa shape index (κ1) is 25.9. The number of aryl methyl sites for hydroxylation is 1. The van der Waals surface area contributed by atoms with Gasteiger partial charge in [-0.1, -0.05) is 36.4 Å². The lowest BCUT2D eigenvalue weighted by molar-refractivity contribution is -0.385. The lowest BCUT2D eigenvalue weighted by Gasteiger charge is -2.20. The Bertz CT molecular complexity index is 1330. The molecule has 3 aromatic carbocycles. The number of nitrogens with zero attached hydrogens (tertiary/aromatic N) is 1. The van der Waals surface area contributed by atoms with Crippen LogP contribution in [0.4, 0.5) is 11.4 Å². The molecule has 9 nitrogen and oxygen atoms in total. The van der Waals surface area contributed by atoms with Gasteiger partial charge in [0.2, 0.25) is 15.9 Å². The van der Waals surface area contributed by atoms with Crippen LogP contribution in [0, 0.1) is 24.0 Å². The quantitative estimate of drug-likeness (QED) is 0.320. The Hall–Kier alpha value is -3.76. The summed E-state index contributed by atoms with van der Waals surface area (Å²) in [6.45, 7) is 5.54. The van der Waals surface area contributed by atoms with Gasteiger partial charge in [-0.15, -0.1) is 0 Å². The molecular weight excluding hydrogens is 470 g/mol. The van der Waals surface area contributed by atoms with E-state index in [9.17, 15) is 23.3 Å². The Labute approximate surface area is 204 Å². The monoisotopic (exact) mass is 497 g/mol. The molecule has 0 aliphatic rings. The van der Waals surface area contributed by atoms with Crippen molar-refractivity contribution in [2.75, 3.05) is 11.9 Å². The van der Waals surface area contributed by atoms with E-state index in [1.165, 1.54) is 37.3 Å². The van der Waals surface area contributed by atoms with Crippen molar-refractivity contribution in [3.63, 3.8) is 0 Å². The number of ether oxygens (including phenoxy) is 1. The standard InChI is InChI=1S/C25H27N3O6S/c1-4-34-24-14-13-20(15-17(24)2)35(32,33)27-22(16-19-9-6-5-7-10-19)25(29)26-21-11-8-12-23(18(21)3)28(30)31/h5-15,22,27H,4,16H2,1-3H3,(H,26,29)/t22-/m1/s1. The van der Waals surface area contributed by atoms with E-state index in [0.29, 0.717) is 17.9 Å². The number of rotatable bonds is 10. The van der Waals surface area contributed by atoms with Crippen LogP contribution < -0.4 is 14.8 Å². The average molecular weight is 498 g/mol. The van der Waals surface area contributed by atoms with Gasteiger partial charge in [0.05, 0.1) is 27.7 Å². The molecule has 0 aliphatic carbocycles. The van der Waals surface area contributed by atoms with Crippen molar-refractivity contribution in [2.24, 2.45) is 0 Å². The van der Waals surface area contributed by atoms with Crippen LogP contribution in [-0.4, -0.2) is 31.9 Å². The highest BCUT2D eigenvalue weighted by atomic mass is 32.2. The first-order chi connectivity index (χ1) is 16.6. The first-order valence-corrected chi connectivity index (χ1v) is 12.4. The summed E-state index contributed by atoms with van der Waals surface area (Å²) in [4.78, 5) is 24.0. The average Bonchev–Trinajstić information content (AvgIpc) is 2.81. The van der Waals surface area contributed by atoms with E-state index in [0.717, 1.165) is 5.56 Å². The molecule has 0 aromatic heterocycles. The number of hydrogen-bond acceptors (Lipinski definition) is 6. The lowest BCUT2D eigenvalue weighted by Crippen LogP contribution is -2.45. The fraction of sp³-hybridized carbons (Fsp3) is 0.240. The second-order valence-corrected chi connectivity index (χ2v) is 9.63. The van der Waals surface area contributed by atoms with Gasteiger partial charge in [-0.05, 0) is 62.6 Å². The van der Waals surface area contributed by atoms with E-state index in [1.54, 1.807) is 37.3 Å². The van der Waals surface area contributed by atoms with Crippen LogP contribution in [0.3, 0.4) is 0 Å². The van der Waals surface area contributed by atoms with Gasteiger partial charge in [0.15, 0.2) is 0 Å². The number of carbonyl (C=O) groups is 1. The van der Waals surface area contributed by atoms with Crippen LogP contribution in [0.5, 0.6) is 5.75 Å². The number of carbonyl (C=O) groups excluding carboxylic acids is 1. The molecule has 0 fully saturated rings. The van der Waals surface area contributed by atoms with Gasteiger partial charge in [0, 0.05) is 6.07 Å². The van der Waals surface area contributed by atoms with Gasteiger partial charge < -0.3 is 10.1 Å². The smallest absolute Gasteiger partial charge is 0.274 e. The number of benzene rings is 3. The first-order valence-electron chi connectivity index (χ1n) is 11.0. The van der Waals surface area contributed by atoms with Gasteiger partial charge in [0.1, 0.15) is 11.8 Å². The summed E-state index contributed by atoms with van der Waals surface area (Å²) in [6, 6.07) is 16.6. The molecule has 0 radical (unpaired) electrons. The van der Waals surface area contributed by atoms with E-state index in [-0.39, 0.29) is 28.3 Å². The highest BCUT2D eigenvalue weighted by molar-refractivity contribution is 7.89. The number of anilines is 1. The maximum atomic E-state index is 13.2. The van der Waals surface area contributed by atoms with Crippen molar-refractivity contribution in [3.05, 3.63) is 93.5 Å². The molecular formula is C25H27N3O6S. The Kier molecular flexibility index (Phi) is 8.21. The third-order valence-corrected chi connectivity index (χ3v) is 6.88. The number of nitro benzene ring substituents is 1. The highest BCUT2D eigenvalue weighted by Gasteiger charge is 2.27. The van der Waals surface area contributed by atoms with Crippen molar-refractivity contribution in [3.8, 4) is 5.75 Å². The molecule has 0 bridgehead atoms. The molecule has 10 heteroatoms. The normalized spacial score (nSPS) is 12.1. The second-order valence-electron chi connectivity index (χ2n) is 7.92.